The van der Waals surface area contributed by atoms with Crippen molar-refractivity contribution in [3.05, 3.63) is 22.2 Å². The summed E-state index contributed by atoms with van der Waals surface area (Å²) in [5, 5.41) is 1.13. The summed E-state index contributed by atoms with van der Waals surface area (Å²) in [7, 11) is 0. The Balaban J connectivity index is 1.81. The van der Waals surface area contributed by atoms with Crippen LogP contribution in [-0.2, 0) is 0 Å². The van der Waals surface area contributed by atoms with Gasteiger partial charge in [0.25, 0.3) is 0 Å². The molecule has 1 aliphatic heterocycles. The van der Waals surface area contributed by atoms with Crippen LogP contribution in [0.25, 0.3) is 0 Å². The molecule has 3 rings (SSSR count). The number of nitrogen functional groups attached to an aromatic ring is 1. The molecule has 19 heavy (non-hydrogen) atoms. The Hall–Kier alpha value is -0.600. The molecule has 4 heteroatoms. The second-order valence-corrected chi connectivity index (χ2v) is 6.68. The molecular weight excluding hydrogens is 279 g/mol. The summed E-state index contributed by atoms with van der Waals surface area (Å²) < 4.78 is 0. The Kier molecular flexibility index (Phi) is 3.81. The van der Waals surface area contributed by atoms with Gasteiger partial charge >= 0.3 is 0 Å². The van der Waals surface area contributed by atoms with Gasteiger partial charge in [0, 0.05) is 13.1 Å². The molecule has 2 fully saturated rings. The Morgan fingerprint density at radius 1 is 1.00 bits per heavy atom. The summed E-state index contributed by atoms with van der Waals surface area (Å²) in [4.78, 5) is 2.39. The van der Waals surface area contributed by atoms with Gasteiger partial charge in [-0.1, -0.05) is 42.5 Å². The quantitative estimate of drug-likeness (QED) is 0.768. The molecule has 2 atom stereocenters. The van der Waals surface area contributed by atoms with Crippen molar-refractivity contribution in [1.29, 1.82) is 0 Å². The molecule has 1 aromatic carbocycles. The fraction of sp³-hybridized carbons (Fsp3) is 0.600. The first-order valence-electron chi connectivity index (χ1n) is 7.14. The maximum absolute atomic E-state index is 6.13. The molecule has 0 radical (unpaired) electrons. The van der Waals surface area contributed by atoms with Crippen LogP contribution >= 0.6 is 23.2 Å². The van der Waals surface area contributed by atoms with Gasteiger partial charge in [0.05, 0.1) is 21.4 Å². The molecule has 2 unspecified atom stereocenters. The maximum atomic E-state index is 6.13. The third-order valence-electron chi connectivity index (χ3n) is 4.70. The summed E-state index contributed by atoms with van der Waals surface area (Å²) >= 11 is 12.1. The van der Waals surface area contributed by atoms with Gasteiger partial charge in [-0.15, -0.1) is 0 Å². The largest absolute Gasteiger partial charge is 0.397 e. The number of piperidine rings is 1. The molecule has 1 aliphatic carbocycles. The minimum atomic E-state index is 0.537. The lowest BCUT2D eigenvalue weighted by Gasteiger charge is -2.42. The van der Waals surface area contributed by atoms with Crippen LogP contribution in [0, 0.1) is 11.8 Å². The molecule has 0 spiro atoms. The summed E-state index contributed by atoms with van der Waals surface area (Å²) in [5.41, 5.74) is 7.90. The van der Waals surface area contributed by atoms with Gasteiger partial charge in [-0.05, 0) is 36.8 Å². The minimum Gasteiger partial charge on any atom is -0.397 e. The van der Waals surface area contributed by atoms with Gasteiger partial charge < -0.3 is 10.6 Å². The maximum Gasteiger partial charge on any atom is 0.0616 e. The van der Waals surface area contributed by atoms with Gasteiger partial charge in [-0.2, -0.15) is 0 Å². The highest BCUT2D eigenvalue weighted by atomic mass is 35.5. The Morgan fingerprint density at radius 2 is 1.68 bits per heavy atom. The van der Waals surface area contributed by atoms with Gasteiger partial charge in [-0.25, -0.2) is 0 Å². The third-order valence-corrected chi connectivity index (χ3v) is 5.42. The Morgan fingerprint density at radius 3 is 2.47 bits per heavy atom. The van der Waals surface area contributed by atoms with E-state index in [1.807, 2.05) is 6.07 Å². The lowest BCUT2D eigenvalue weighted by molar-refractivity contribution is 0.202. The minimum absolute atomic E-state index is 0.537. The van der Waals surface area contributed by atoms with Crippen LogP contribution in [0.2, 0.25) is 10.0 Å². The van der Waals surface area contributed by atoms with E-state index in [1.165, 1.54) is 32.1 Å². The lowest BCUT2D eigenvalue weighted by Crippen LogP contribution is -2.42. The zero-order valence-corrected chi connectivity index (χ0v) is 12.6. The van der Waals surface area contributed by atoms with Crippen LogP contribution < -0.4 is 10.6 Å². The van der Waals surface area contributed by atoms with E-state index in [0.717, 1.165) is 36.3 Å². The fourth-order valence-electron chi connectivity index (χ4n) is 3.65. The van der Waals surface area contributed by atoms with Crippen molar-refractivity contribution in [2.24, 2.45) is 11.8 Å². The van der Waals surface area contributed by atoms with Crippen molar-refractivity contribution in [2.45, 2.75) is 32.1 Å². The number of hydrogen-bond donors (Lipinski definition) is 1. The van der Waals surface area contributed by atoms with Crippen LogP contribution in [0.15, 0.2) is 12.1 Å². The second-order valence-electron chi connectivity index (χ2n) is 5.86. The lowest BCUT2D eigenvalue weighted by atomic mass is 9.75. The van der Waals surface area contributed by atoms with E-state index in [-0.39, 0.29) is 0 Å². The predicted molar refractivity (Wildman–Crippen MR) is 83.2 cm³/mol. The van der Waals surface area contributed by atoms with Crippen LogP contribution in [0.5, 0.6) is 0 Å². The first kappa shape index (κ1) is 13.4. The highest BCUT2D eigenvalue weighted by molar-refractivity contribution is 6.42. The number of fused-ring (bicyclic) bond motifs is 1. The third kappa shape index (κ3) is 2.66. The number of benzene rings is 1. The average Bonchev–Trinajstić information content (AvgIpc) is 2.42. The van der Waals surface area contributed by atoms with E-state index < -0.39 is 0 Å². The predicted octanol–water partition coefficient (Wildman–Crippen LogP) is 4.59. The number of nitrogens with two attached hydrogens (primary N) is 1. The van der Waals surface area contributed by atoms with E-state index in [9.17, 15) is 0 Å². The molecule has 1 heterocycles. The van der Waals surface area contributed by atoms with Crippen molar-refractivity contribution < 1.29 is 0 Å². The van der Waals surface area contributed by atoms with Gasteiger partial charge in [0.1, 0.15) is 0 Å². The second kappa shape index (κ2) is 5.41. The molecule has 0 aromatic heterocycles. The van der Waals surface area contributed by atoms with E-state index >= 15 is 0 Å². The normalized spacial score (nSPS) is 27.2. The van der Waals surface area contributed by atoms with Crippen molar-refractivity contribution >= 4 is 34.6 Å². The van der Waals surface area contributed by atoms with Gasteiger partial charge in [0.15, 0.2) is 0 Å². The SMILES string of the molecule is Nc1cc(Cl)c(Cl)cc1N1CCC2CCCCC2C1. The zero-order chi connectivity index (χ0) is 13.4. The number of anilines is 2. The highest BCUT2D eigenvalue weighted by Crippen LogP contribution is 2.40. The average molecular weight is 299 g/mol. The molecule has 0 bridgehead atoms. The topological polar surface area (TPSA) is 29.3 Å². The first-order chi connectivity index (χ1) is 9.15. The van der Waals surface area contributed by atoms with Crippen LogP contribution in [-0.4, -0.2) is 13.1 Å². The van der Waals surface area contributed by atoms with E-state index in [0.29, 0.717) is 10.0 Å². The molecule has 2 N–H and O–H groups in total. The van der Waals surface area contributed by atoms with Crippen molar-refractivity contribution in [1.82, 2.24) is 0 Å². The standard InChI is InChI=1S/C15H20Cl2N2/c16-12-7-14(18)15(8-13(12)17)19-6-5-10-3-1-2-4-11(10)9-19/h7-8,10-11H,1-6,9,18H2. The molecule has 1 saturated heterocycles. The van der Waals surface area contributed by atoms with Crippen molar-refractivity contribution in [3.63, 3.8) is 0 Å². The molecule has 1 saturated carbocycles. The van der Waals surface area contributed by atoms with Gasteiger partial charge in [-0.3, -0.25) is 0 Å². The van der Waals surface area contributed by atoms with E-state index in [2.05, 4.69) is 4.90 Å². The van der Waals surface area contributed by atoms with E-state index in [4.69, 9.17) is 28.9 Å². The number of rotatable bonds is 1. The Bertz CT molecular complexity index is 475. The summed E-state index contributed by atoms with van der Waals surface area (Å²) in [6, 6.07) is 3.69. The smallest absolute Gasteiger partial charge is 0.0616 e. The summed E-state index contributed by atoms with van der Waals surface area (Å²) in [5.74, 6) is 1.75. The van der Waals surface area contributed by atoms with Crippen molar-refractivity contribution in [3.8, 4) is 0 Å². The number of halogens is 2. The number of nitrogens with zero attached hydrogens (tertiary/aromatic N) is 1. The van der Waals surface area contributed by atoms with Gasteiger partial charge in [0.2, 0.25) is 0 Å². The molecule has 2 aliphatic rings. The molecular formula is C15H20Cl2N2. The van der Waals surface area contributed by atoms with Crippen LogP contribution in [0.1, 0.15) is 32.1 Å². The molecule has 0 amide bonds. The Labute approximate surface area is 124 Å². The van der Waals surface area contributed by atoms with Crippen LogP contribution in [0.3, 0.4) is 0 Å². The zero-order valence-electron chi connectivity index (χ0n) is 11.0. The fourth-order valence-corrected chi connectivity index (χ4v) is 3.98. The summed E-state index contributed by atoms with van der Waals surface area (Å²) in [6.45, 7) is 2.20. The number of hydrogen-bond acceptors (Lipinski definition) is 2. The molecule has 2 nitrogen and oxygen atoms in total. The highest BCUT2D eigenvalue weighted by Gasteiger charge is 2.31. The van der Waals surface area contributed by atoms with Crippen LogP contribution in [0.4, 0.5) is 11.4 Å². The molecule has 104 valence electrons. The molecule has 1 aromatic rings. The monoisotopic (exact) mass is 298 g/mol. The van der Waals surface area contributed by atoms with Crippen molar-refractivity contribution in [2.75, 3.05) is 23.7 Å². The summed E-state index contributed by atoms with van der Waals surface area (Å²) in [6.07, 6.45) is 6.85. The first-order valence-corrected chi connectivity index (χ1v) is 7.90. The van der Waals surface area contributed by atoms with E-state index in [1.54, 1.807) is 6.07 Å².